The van der Waals surface area contributed by atoms with Gasteiger partial charge in [-0.1, -0.05) is 0 Å². The van der Waals surface area contributed by atoms with Crippen molar-refractivity contribution in [3.8, 4) is 0 Å². The lowest BCUT2D eigenvalue weighted by Gasteiger charge is -2.21. The van der Waals surface area contributed by atoms with E-state index in [4.69, 9.17) is 0 Å². The molecule has 0 radical (unpaired) electrons. The predicted octanol–water partition coefficient (Wildman–Crippen LogP) is 1.10. The van der Waals surface area contributed by atoms with Crippen molar-refractivity contribution < 1.29 is 0 Å². The Morgan fingerprint density at radius 3 is 3.36 bits per heavy atom. The first-order valence-electron chi connectivity index (χ1n) is 4.61. The molecule has 0 fully saturated rings. The van der Waals surface area contributed by atoms with Gasteiger partial charge in [0.15, 0.2) is 0 Å². The molecular formula is C9H10N4S. The van der Waals surface area contributed by atoms with Crippen LogP contribution < -0.4 is 5.32 Å². The molecule has 0 saturated heterocycles. The summed E-state index contributed by atoms with van der Waals surface area (Å²) in [6, 6.07) is 2.28. The van der Waals surface area contributed by atoms with Gasteiger partial charge in [0.1, 0.15) is 0 Å². The monoisotopic (exact) mass is 206 g/mol. The van der Waals surface area contributed by atoms with E-state index in [-0.39, 0.29) is 6.04 Å². The lowest BCUT2D eigenvalue weighted by Crippen LogP contribution is -2.30. The van der Waals surface area contributed by atoms with E-state index in [0.717, 1.165) is 18.7 Å². The Morgan fingerprint density at radius 2 is 2.50 bits per heavy atom. The van der Waals surface area contributed by atoms with Crippen molar-refractivity contribution in [2.45, 2.75) is 12.5 Å². The maximum Gasteiger partial charge on any atom is 0.0926 e. The van der Waals surface area contributed by atoms with Gasteiger partial charge in [-0.15, -0.1) is 0 Å². The van der Waals surface area contributed by atoms with E-state index >= 15 is 0 Å². The smallest absolute Gasteiger partial charge is 0.0926 e. The summed E-state index contributed by atoms with van der Waals surface area (Å²) in [5.41, 5.74) is 2.38. The molecule has 1 atom stereocenters. The molecule has 0 saturated carbocycles. The molecule has 0 bridgehead atoms. The van der Waals surface area contributed by atoms with Crippen molar-refractivity contribution in [2.75, 3.05) is 6.54 Å². The third-order valence-electron chi connectivity index (χ3n) is 2.49. The van der Waals surface area contributed by atoms with Gasteiger partial charge >= 0.3 is 0 Å². The van der Waals surface area contributed by atoms with Gasteiger partial charge in [-0.2, -0.15) is 0 Å². The Bertz CT molecular complexity index is 420. The molecule has 3 rings (SSSR count). The molecule has 0 amide bonds. The molecule has 1 unspecified atom stereocenters. The first-order valence-corrected chi connectivity index (χ1v) is 5.38. The van der Waals surface area contributed by atoms with Crippen LogP contribution in [0.1, 0.15) is 22.3 Å². The van der Waals surface area contributed by atoms with Crippen molar-refractivity contribution in [2.24, 2.45) is 0 Å². The number of aromatic amines is 1. The summed E-state index contributed by atoms with van der Waals surface area (Å²) in [6.45, 7) is 0.998. The summed E-state index contributed by atoms with van der Waals surface area (Å²) >= 11 is 1.53. The average molecular weight is 206 g/mol. The fraction of sp³-hybridized carbons (Fsp3) is 0.333. The molecule has 1 aliphatic rings. The maximum absolute atomic E-state index is 4.36. The van der Waals surface area contributed by atoms with Crippen LogP contribution in [0.5, 0.6) is 0 Å². The second-order valence-electron chi connectivity index (χ2n) is 3.32. The van der Waals surface area contributed by atoms with Gasteiger partial charge in [-0.3, -0.25) is 0 Å². The van der Waals surface area contributed by atoms with Crippen LogP contribution in [-0.2, 0) is 6.42 Å². The number of fused-ring (bicyclic) bond motifs is 1. The normalized spacial score (nSPS) is 20.7. The third-order valence-corrected chi connectivity index (χ3v) is 3.30. The van der Waals surface area contributed by atoms with Crippen molar-refractivity contribution in [1.82, 2.24) is 19.7 Å². The molecule has 1 aliphatic heterocycles. The highest BCUT2D eigenvalue weighted by Gasteiger charge is 2.24. The number of rotatable bonds is 1. The van der Waals surface area contributed by atoms with E-state index < -0.39 is 0 Å². The Balaban J connectivity index is 2.04. The summed E-state index contributed by atoms with van der Waals surface area (Å²) in [6.07, 6.45) is 4.64. The first-order chi connectivity index (χ1) is 6.95. The molecule has 4 nitrogen and oxygen atoms in total. The molecular weight excluding hydrogens is 196 g/mol. The van der Waals surface area contributed by atoms with E-state index in [2.05, 4.69) is 19.7 Å². The van der Waals surface area contributed by atoms with Crippen molar-refractivity contribution in [3.05, 3.63) is 34.9 Å². The Kier molecular flexibility index (Phi) is 1.85. The third kappa shape index (κ3) is 1.17. The summed E-state index contributed by atoms with van der Waals surface area (Å²) in [7, 11) is 0. The molecule has 2 aromatic rings. The predicted molar refractivity (Wildman–Crippen MR) is 54.3 cm³/mol. The van der Waals surface area contributed by atoms with Gasteiger partial charge in [-0.05, 0) is 17.6 Å². The first kappa shape index (κ1) is 8.14. The Hall–Kier alpha value is -1.20. The largest absolute Gasteiger partial charge is 0.348 e. The molecule has 14 heavy (non-hydrogen) atoms. The SMILES string of the molecule is c1cc(C2NCCc3[nH]cnc32)sn1. The highest BCUT2D eigenvalue weighted by atomic mass is 32.1. The van der Waals surface area contributed by atoms with Gasteiger partial charge in [0.25, 0.3) is 0 Å². The van der Waals surface area contributed by atoms with Crippen molar-refractivity contribution >= 4 is 11.5 Å². The van der Waals surface area contributed by atoms with Gasteiger partial charge in [0, 0.05) is 29.7 Å². The topological polar surface area (TPSA) is 53.6 Å². The summed E-state index contributed by atoms with van der Waals surface area (Å²) in [5, 5.41) is 3.45. The fourth-order valence-corrected chi connectivity index (χ4v) is 2.49. The second kappa shape index (κ2) is 3.18. The molecule has 2 N–H and O–H groups in total. The molecule has 2 aromatic heterocycles. The highest BCUT2D eigenvalue weighted by Crippen LogP contribution is 2.27. The number of nitrogens with one attached hydrogen (secondary N) is 2. The molecule has 0 aliphatic carbocycles. The van der Waals surface area contributed by atoms with Crippen LogP contribution in [0.4, 0.5) is 0 Å². The molecule has 72 valence electrons. The van der Waals surface area contributed by atoms with E-state index in [1.165, 1.54) is 22.1 Å². The molecule has 3 heterocycles. The van der Waals surface area contributed by atoms with Crippen LogP contribution in [0.25, 0.3) is 0 Å². The van der Waals surface area contributed by atoms with Gasteiger partial charge in [-0.25, -0.2) is 9.36 Å². The minimum atomic E-state index is 0.234. The van der Waals surface area contributed by atoms with Crippen LogP contribution >= 0.6 is 11.5 Å². The quantitative estimate of drug-likeness (QED) is 0.734. The summed E-state index contributed by atoms with van der Waals surface area (Å²) in [5.74, 6) is 0. The van der Waals surface area contributed by atoms with Gasteiger partial charge in [0.2, 0.25) is 0 Å². The number of nitrogens with zero attached hydrogens (tertiary/aromatic N) is 2. The van der Waals surface area contributed by atoms with E-state index in [9.17, 15) is 0 Å². The van der Waals surface area contributed by atoms with Crippen molar-refractivity contribution in [1.29, 1.82) is 0 Å². The minimum Gasteiger partial charge on any atom is -0.348 e. The van der Waals surface area contributed by atoms with E-state index in [1.54, 1.807) is 6.33 Å². The van der Waals surface area contributed by atoms with Crippen molar-refractivity contribution in [3.63, 3.8) is 0 Å². The van der Waals surface area contributed by atoms with E-state index in [0.29, 0.717) is 0 Å². The number of hydrogen-bond donors (Lipinski definition) is 2. The van der Waals surface area contributed by atoms with Crippen LogP contribution in [0.3, 0.4) is 0 Å². The number of H-pyrrole nitrogens is 1. The zero-order valence-electron chi connectivity index (χ0n) is 7.53. The second-order valence-corrected chi connectivity index (χ2v) is 4.18. The van der Waals surface area contributed by atoms with Gasteiger partial charge in [0.05, 0.1) is 18.1 Å². The summed E-state index contributed by atoms with van der Waals surface area (Å²) < 4.78 is 4.12. The maximum atomic E-state index is 4.36. The zero-order chi connectivity index (χ0) is 9.38. The number of aromatic nitrogens is 3. The Morgan fingerprint density at radius 1 is 1.50 bits per heavy atom. The standard InChI is InChI=1S/C9H10N4S/c1-3-10-9(7-2-4-13-14-7)8-6(1)11-5-12-8/h2,4-5,9-10H,1,3H2,(H,11,12). The molecule has 0 aromatic carbocycles. The van der Waals surface area contributed by atoms with E-state index in [1.807, 2.05) is 12.3 Å². The minimum absolute atomic E-state index is 0.234. The van der Waals surface area contributed by atoms with Gasteiger partial charge < -0.3 is 10.3 Å². The lowest BCUT2D eigenvalue weighted by molar-refractivity contribution is 0.560. The highest BCUT2D eigenvalue weighted by molar-refractivity contribution is 7.05. The molecule has 0 spiro atoms. The average Bonchev–Trinajstić information content (AvgIpc) is 2.88. The number of imidazole rings is 1. The Labute approximate surface area is 85.6 Å². The lowest BCUT2D eigenvalue weighted by atomic mass is 10.0. The molecule has 5 heteroatoms. The van der Waals surface area contributed by atoms with Crippen LogP contribution in [-0.4, -0.2) is 20.9 Å². The van der Waals surface area contributed by atoms with Crippen LogP contribution in [0.15, 0.2) is 18.6 Å². The number of hydrogen-bond acceptors (Lipinski definition) is 4. The fourth-order valence-electron chi connectivity index (χ4n) is 1.83. The zero-order valence-corrected chi connectivity index (χ0v) is 8.34. The van der Waals surface area contributed by atoms with Crippen LogP contribution in [0, 0.1) is 0 Å². The van der Waals surface area contributed by atoms with Crippen LogP contribution in [0.2, 0.25) is 0 Å². The summed E-state index contributed by atoms with van der Waals surface area (Å²) in [4.78, 5) is 8.77.